The quantitative estimate of drug-likeness (QED) is 0.532. The van der Waals surface area contributed by atoms with Gasteiger partial charge >= 0.3 is 0 Å². The summed E-state index contributed by atoms with van der Waals surface area (Å²) in [5, 5.41) is 0. The summed E-state index contributed by atoms with van der Waals surface area (Å²) in [6, 6.07) is 0. The molecule has 1 saturated heterocycles. The van der Waals surface area contributed by atoms with Crippen LogP contribution in [0.2, 0.25) is 0 Å². The second kappa shape index (κ2) is 5.33. The number of hydrogen-bond donors (Lipinski definition) is 0. The molecule has 3 heteroatoms. The van der Waals surface area contributed by atoms with E-state index in [1.165, 1.54) is 25.7 Å². The molecule has 1 saturated carbocycles. The normalized spacial score (nSPS) is 29.1. The lowest BCUT2D eigenvalue weighted by Gasteiger charge is -2.22. The van der Waals surface area contributed by atoms with Gasteiger partial charge in [0.05, 0.1) is 0 Å². The highest BCUT2D eigenvalue weighted by atomic mass is 79.9. The molecular weight excluding hydrogens is 254 g/mol. The van der Waals surface area contributed by atoms with E-state index in [2.05, 4.69) is 20.8 Å². The number of hydrogen-bond acceptors (Lipinski definition) is 1. The van der Waals surface area contributed by atoms with Gasteiger partial charge in [0.2, 0.25) is 5.91 Å². The lowest BCUT2D eigenvalue weighted by molar-refractivity contribution is -0.134. The topological polar surface area (TPSA) is 20.3 Å². The number of alkyl halides is 1. The Morgan fingerprint density at radius 1 is 1.07 bits per heavy atom. The number of nitrogens with zero attached hydrogens (tertiary/aromatic N) is 1. The molecule has 1 atom stereocenters. The highest BCUT2D eigenvalue weighted by Gasteiger charge is 2.29. The average Bonchev–Trinajstić information content (AvgIpc) is 2.53. The second-order valence-electron chi connectivity index (χ2n) is 4.86. The Labute approximate surface area is 101 Å². The third-order valence-electron chi connectivity index (χ3n) is 3.65. The summed E-state index contributed by atoms with van der Waals surface area (Å²) in [7, 11) is 0. The van der Waals surface area contributed by atoms with E-state index >= 15 is 0 Å². The van der Waals surface area contributed by atoms with Gasteiger partial charge in [-0.3, -0.25) is 4.79 Å². The second-order valence-corrected chi connectivity index (χ2v) is 6.15. The smallest absolute Gasteiger partial charge is 0.225 e. The molecule has 0 bridgehead atoms. The van der Waals surface area contributed by atoms with E-state index < -0.39 is 0 Å². The first-order valence-corrected chi connectivity index (χ1v) is 7.12. The van der Waals surface area contributed by atoms with Crippen LogP contribution in [0.5, 0.6) is 0 Å². The molecule has 2 nitrogen and oxygen atoms in total. The van der Waals surface area contributed by atoms with Crippen molar-refractivity contribution in [1.82, 2.24) is 4.90 Å². The van der Waals surface area contributed by atoms with Crippen LogP contribution in [0.25, 0.3) is 0 Å². The van der Waals surface area contributed by atoms with Gasteiger partial charge < -0.3 is 4.90 Å². The minimum Gasteiger partial charge on any atom is -0.341 e. The summed E-state index contributed by atoms with van der Waals surface area (Å²) in [5.41, 5.74) is 0. The first-order valence-electron chi connectivity index (χ1n) is 6.20. The van der Waals surface area contributed by atoms with Gasteiger partial charge in [0.15, 0.2) is 0 Å². The molecular formula is C12H20BrNO. The zero-order chi connectivity index (χ0) is 10.7. The minimum atomic E-state index is 0.338. The fourth-order valence-electron chi connectivity index (χ4n) is 2.70. The van der Waals surface area contributed by atoms with Crippen molar-refractivity contribution in [2.75, 3.05) is 13.1 Å². The van der Waals surface area contributed by atoms with E-state index in [0.29, 0.717) is 16.7 Å². The summed E-state index contributed by atoms with van der Waals surface area (Å²) in [6.45, 7) is 1.89. The summed E-state index contributed by atoms with van der Waals surface area (Å²) < 4.78 is 0. The Bertz CT molecular complexity index is 224. The standard InChI is InChI=1S/C12H20BrNO/c13-11-7-8-14(9-11)12(15)10-5-3-1-2-4-6-10/h10-11H,1-9H2. The molecule has 0 N–H and O–H groups in total. The fraction of sp³-hybridized carbons (Fsp3) is 0.917. The lowest BCUT2D eigenvalue weighted by atomic mass is 9.99. The van der Waals surface area contributed by atoms with E-state index in [9.17, 15) is 4.79 Å². The SMILES string of the molecule is O=C(C1CCCCCC1)N1CCC(Br)C1. The van der Waals surface area contributed by atoms with Crippen LogP contribution in [0, 0.1) is 5.92 Å². The maximum Gasteiger partial charge on any atom is 0.225 e. The maximum atomic E-state index is 12.2. The van der Waals surface area contributed by atoms with Crippen molar-refractivity contribution < 1.29 is 4.79 Å². The Morgan fingerprint density at radius 2 is 1.73 bits per heavy atom. The van der Waals surface area contributed by atoms with Crippen molar-refractivity contribution in [3.63, 3.8) is 0 Å². The van der Waals surface area contributed by atoms with Gasteiger partial charge in [-0.1, -0.05) is 41.6 Å². The zero-order valence-electron chi connectivity index (χ0n) is 9.25. The number of amides is 1. The Hall–Kier alpha value is -0.0500. The summed E-state index contributed by atoms with van der Waals surface area (Å²) >= 11 is 3.59. The van der Waals surface area contributed by atoms with Gasteiger partial charge in [0.25, 0.3) is 0 Å². The summed E-state index contributed by atoms with van der Waals surface area (Å²) in [6.07, 6.45) is 8.53. The van der Waals surface area contributed by atoms with E-state index in [0.717, 1.165) is 32.4 Å². The monoisotopic (exact) mass is 273 g/mol. The molecule has 2 rings (SSSR count). The molecule has 2 aliphatic rings. The number of carbonyl (C=O) groups excluding carboxylic acids is 1. The van der Waals surface area contributed by atoms with E-state index in [1.54, 1.807) is 0 Å². The van der Waals surface area contributed by atoms with Gasteiger partial charge in [-0.25, -0.2) is 0 Å². The van der Waals surface area contributed by atoms with Crippen LogP contribution in [0.3, 0.4) is 0 Å². The molecule has 86 valence electrons. The van der Waals surface area contributed by atoms with Crippen LogP contribution in [0.15, 0.2) is 0 Å². The number of halogens is 1. The van der Waals surface area contributed by atoms with Crippen molar-refractivity contribution in [2.45, 2.75) is 49.8 Å². The third-order valence-corrected chi connectivity index (χ3v) is 4.39. The van der Waals surface area contributed by atoms with Gasteiger partial charge in [-0.15, -0.1) is 0 Å². The molecule has 1 heterocycles. The highest BCUT2D eigenvalue weighted by Crippen LogP contribution is 2.27. The maximum absolute atomic E-state index is 12.2. The highest BCUT2D eigenvalue weighted by molar-refractivity contribution is 9.09. The van der Waals surface area contributed by atoms with Gasteiger partial charge in [-0.05, 0) is 19.3 Å². The van der Waals surface area contributed by atoms with Crippen molar-refractivity contribution in [2.24, 2.45) is 5.92 Å². The van der Waals surface area contributed by atoms with E-state index in [1.807, 2.05) is 0 Å². The van der Waals surface area contributed by atoms with Crippen LogP contribution in [0.4, 0.5) is 0 Å². The number of likely N-dealkylation sites (tertiary alicyclic amines) is 1. The van der Waals surface area contributed by atoms with Crippen LogP contribution in [-0.4, -0.2) is 28.7 Å². The molecule has 0 aromatic rings. The van der Waals surface area contributed by atoms with Crippen LogP contribution >= 0.6 is 15.9 Å². The predicted octanol–water partition coefficient (Wildman–Crippen LogP) is 2.95. The van der Waals surface area contributed by atoms with Crippen LogP contribution in [-0.2, 0) is 4.79 Å². The van der Waals surface area contributed by atoms with E-state index in [4.69, 9.17) is 0 Å². The molecule has 1 aliphatic carbocycles. The minimum absolute atomic E-state index is 0.338. The van der Waals surface area contributed by atoms with Gasteiger partial charge in [-0.2, -0.15) is 0 Å². The molecule has 1 unspecified atom stereocenters. The van der Waals surface area contributed by atoms with Gasteiger partial charge in [0, 0.05) is 23.8 Å². The molecule has 1 amide bonds. The zero-order valence-corrected chi connectivity index (χ0v) is 10.8. The van der Waals surface area contributed by atoms with Crippen molar-refractivity contribution in [3.8, 4) is 0 Å². The molecule has 0 radical (unpaired) electrons. The Balaban J connectivity index is 1.88. The van der Waals surface area contributed by atoms with Crippen molar-refractivity contribution in [3.05, 3.63) is 0 Å². The first-order chi connectivity index (χ1) is 7.27. The lowest BCUT2D eigenvalue weighted by Crippen LogP contribution is -2.34. The summed E-state index contributed by atoms with van der Waals surface area (Å²) in [4.78, 5) is 14.8. The molecule has 15 heavy (non-hydrogen) atoms. The molecule has 0 aromatic carbocycles. The fourth-order valence-corrected chi connectivity index (χ4v) is 3.26. The Kier molecular flexibility index (Phi) is 4.06. The van der Waals surface area contributed by atoms with Crippen LogP contribution in [0.1, 0.15) is 44.9 Å². The third kappa shape index (κ3) is 2.96. The van der Waals surface area contributed by atoms with Crippen molar-refractivity contribution >= 4 is 21.8 Å². The first kappa shape index (κ1) is 11.4. The molecule has 1 aliphatic heterocycles. The van der Waals surface area contributed by atoms with E-state index in [-0.39, 0.29) is 0 Å². The molecule has 0 spiro atoms. The van der Waals surface area contributed by atoms with Gasteiger partial charge in [0.1, 0.15) is 0 Å². The number of carbonyl (C=O) groups is 1. The largest absolute Gasteiger partial charge is 0.341 e. The van der Waals surface area contributed by atoms with Crippen molar-refractivity contribution in [1.29, 1.82) is 0 Å². The van der Waals surface area contributed by atoms with Crippen LogP contribution < -0.4 is 0 Å². The Morgan fingerprint density at radius 3 is 2.27 bits per heavy atom. The number of rotatable bonds is 1. The summed E-state index contributed by atoms with van der Waals surface area (Å²) in [5.74, 6) is 0.768. The predicted molar refractivity (Wildman–Crippen MR) is 65.1 cm³/mol. The average molecular weight is 274 g/mol. The molecule has 0 aromatic heterocycles. The molecule has 2 fully saturated rings.